The summed E-state index contributed by atoms with van der Waals surface area (Å²) in [6.07, 6.45) is 2.78. The summed E-state index contributed by atoms with van der Waals surface area (Å²) in [5.74, 6) is 1.74. The van der Waals surface area contributed by atoms with Crippen molar-refractivity contribution in [2.24, 2.45) is 4.99 Å². The second kappa shape index (κ2) is 11.9. The number of nitrogens with one attached hydrogen (secondary N) is 3. The number of H-pyrrole nitrogens is 1. The Kier molecular flexibility index (Phi) is 9.57. The van der Waals surface area contributed by atoms with Gasteiger partial charge in [0, 0.05) is 36.8 Å². The summed E-state index contributed by atoms with van der Waals surface area (Å²) in [5.41, 5.74) is 3.72. The van der Waals surface area contributed by atoms with Crippen molar-refractivity contribution in [1.82, 2.24) is 25.8 Å². The lowest BCUT2D eigenvalue weighted by Crippen LogP contribution is -2.38. The number of hydrogen-bond donors (Lipinski definition) is 3. The van der Waals surface area contributed by atoms with Gasteiger partial charge in [-0.1, -0.05) is 17.3 Å². The highest BCUT2D eigenvalue weighted by molar-refractivity contribution is 14.0. The van der Waals surface area contributed by atoms with Gasteiger partial charge in [0.25, 0.3) is 0 Å². The zero-order chi connectivity index (χ0) is 20.6. The minimum Gasteiger partial charge on any atom is -0.371 e. The molecule has 0 saturated carbocycles. The first-order chi connectivity index (χ1) is 14.1. The van der Waals surface area contributed by atoms with E-state index in [9.17, 15) is 0 Å². The van der Waals surface area contributed by atoms with Gasteiger partial charge in [-0.3, -0.25) is 0 Å². The van der Waals surface area contributed by atoms with E-state index in [-0.39, 0.29) is 30.1 Å². The molecular weight excluding hydrogens is 495 g/mol. The molecule has 3 aromatic rings. The maximum absolute atomic E-state index is 5.48. The molecule has 1 unspecified atom stereocenters. The number of ether oxygens (including phenoxy) is 1. The van der Waals surface area contributed by atoms with Crippen molar-refractivity contribution in [3.63, 3.8) is 0 Å². The molecule has 0 saturated heterocycles. The van der Waals surface area contributed by atoms with Crippen molar-refractivity contribution in [2.75, 3.05) is 19.7 Å². The Bertz CT molecular complexity index is 952. The largest absolute Gasteiger partial charge is 0.371 e. The van der Waals surface area contributed by atoms with E-state index in [4.69, 9.17) is 9.26 Å². The zero-order valence-electron chi connectivity index (χ0n) is 18.0. The van der Waals surface area contributed by atoms with Crippen LogP contribution in [0.3, 0.4) is 0 Å². The van der Waals surface area contributed by atoms with E-state index in [1.54, 1.807) is 0 Å². The summed E-state index contributed by atoms with van der Waals surface area (Å²) in [6.45, 7) is 10.4. The van der Waals surface area contributed by atoms with Crippen LogP contribution in [-0.4, -0.2) is 40.8 Å². The summed E-state index contributed by atoms with van der Waals surface area (Å²) in [7, 11) is 0. The number of benzene rings is 1. The van der Waals surface area contributed by atoms with Crippen LogP contribution in [-0.2, 0) is 17.7 Å². The number of nitrogens with zero attached hydrogens (tertiary/aromatic N) is 3. The van der Waals surface area contributed by atoms with Crippen molar-refractivity contribution in [2.45, 2.75) is 46.8 Å². The molecule has 2 heterocycles. The first kappa shape index (κ1) is 24.1. The highest BCUT2D eigenvalue weighted by atomic mass is 127. The van der Waals surface area contributed by atoms with Gasteiger partial charge in [-0.05, 0) is 51.3 Å². The van der Waals surface area contributed by atoms with Crippen LogP contribution in [0.4, 0.5) is 0 Å². The van der Waals surface area contributed by atoms with Crippen LogP contribution < -0.4 is 10.6 Å². The Balaban J connectivity index is 0.00000320. The van der Waals surface area contributed by atoms with Gasteiger partial charge in [-0.2, -0.15) is 4.98 Å². The Morgan fingerprint density at radius 1 is 1.30 bits per heavy atom. The normalized spacial score (nSPS) is 12.6. The average molecular weight is 526 g/mol. The molecule has 164 valence electrons. The Morgan fingerprint density at radius 3 is 2.90 bits per heavy atom. The third-order valence-corrected chi connectivity index (χ3v) is 4.59. The van der Waals surface area contributed by atoms with Crippen molar-refractivity contribution in [1.29, 1.82) is 0 Å². The van der Waals surface area contributed by atoms with Gasteiger partial charge >= 0.3 is 0 Å². The quantitative estimate of drug-likeness (QED) is 0.222. The molecule has 0 spiro atoms. The molecule has 0 fully saturated rings. The molecule has 8 nitrogen and oxygen atoms in total. The SMILES string of the molecule is CCNC(=NCc1nc(C(C)OCC)no1)NCCc1c[nH]c2cc(C)ccc12.I. The standard InChI is InChI=1S/C21H30N6O2.HI/c1-5-22-21(25-13-19-26-20(27-29-19)15(4)28-6-2)23-10-9-16-12-24-18-11-14(3)7-8-17(16)18;/h7-8,11-12,15,24H,5-6,9-10,13H2,1-4H3,(H2,22,23,25);1H. The van der Waals surface area contributed by atoms with E-state index in [0.717, 1.165) is 25.5 Å². The molecule has 9 heteroatoms. The number of halogens is 1. The van der Waals surface area contributed by atoms with Gasteiger partial charge in [-0.15, -0.1) is 24.0 Å². The number of aryl methyl sites for hydroxylation is 1. The van der Waals surface area contributed by atoms with Crippen LogP contribution in [0.2, 0.25) is 0 Å². The summed E-state index contributed by atoms with van der Waals surface area (Å²) >= 11 is 0. The molecule has 3 N–H and O–H groups in total. The van der Waals surface area contributed by atoms with Gasteiger partial charge in [0.15, 0.2) is 11.8 Å². The highest BCUT2D eigenvalue weighted by Gasteiger charge is 2.13. The summed E-state index contributed by atoms with van der Waals surface area (Å²) in [5, 5.41) is 11.8. The van der Waals surface area contributed by atoms with Gasteiger partial charge in [0.1, 0.15) is 12.6 Å². The summed E-state index contributed by atoms with van der Waals surface area (Å²) < 4.78 is 10.8. The second-order valence-corrected chi connectivity index (χ2v) is 6.88. The number of guanidine groups is 1. The second-order valence-electron chi connectivity index (χ2n) is 6.88. The van der Waals surface area contributed by atoms with Crippen molar-refractivity contribution >= 4 is 40.8 Å². The summed E-state index contributed by atoms with van der Waals surface area (Å²) in [6, 6.07) is 6.48. The molecule has 0 aliphatic heterocycles. The van der Waals surface area contributed by atoms with Crippen LogP contribution in [0.5, 0.6) is 0 Å². The fourth-order valence-corrected chi connectivity index (χ4v) is 3.13. The van der Waals surface area contributed by atoms with Crippen LogP contribution in [0.25, 0.3) is 10.9 Å². The fourth-order valence-electron chi connectivity index (χ4n) is 3.13. The number of aromatic amines is 1. The Hall–Kier alpha value is -2.14. The van der Waals surface area contributed by atoms with Crippen molar-refractivity contribution in [3.8, 4) is 0 Å². The molecule has 0 aliphatic rings. The third kappa shape index (κ3) is 6.43. The van der Waals surface area contributed by atoms with Crippen LogP contribution in [0.1, 0.15) is 49.7 Å². The smallest absolute Gasteiger partial charge is 0.248 e. The van der Waals surface area contributed by atoms with E-state index in [0.29, 0.717) is 24.9 Å². The molecule has 0 bridgehead atoms. The maximum atomic E-state index is 5.48. The molecule has 1 atom stereocenters. The maximum Gasteiger partial charge on any atom is 0.248 e. The van der Waals surface area contributed by atoms with E-state index >= 15 is 0 Å². The molecule has 0 radical (unpaired) electrons. The Labute approximate surface area is 194 Å². The first-order valence-electron chi connectivity index (χ1n) is 10.1. The van der Waals surface area contributed by atoms with Gasteiger partial charge < -0.3 is 24.9 Å². The number of aliphatic imine (C=N–C) groups is 1. The molecule has 0 amide bonds. The van der Waals surface area contributed by atoms with Crippen LogP contribution in [0, 0.1) is 6.92 Å². The minimum atomic E-state index is -0.187. The van der Waals surface area contributed by atoms with Gasteiger partial charge in [0.2, 0.25) is 5.89 Å². The van der Waals surface area contributed by atoms with E-state index in [1.165, 1.54) is 22.0 Å². The topological polar surface area (TPSA) is 100 Å². The molecule has 2 aromatic heterocycles. The number of aromatic nitrogens is 3. The van der Waals surface area contributed by atoms with Crippen LogP contribution >= 0.6 is 24.0 Å². The molecular formula is C21H31IN6O2. The molecule has 30 heavy (non-hydrogen) atoms. The predicted molar refractivity (Wildman–Crippen MR) is 129 cm³/mol. The van der Waals surface area contributed by atoms with E-state index in [2.05, 4.69) is 62.1 Å². The van der Waals surface area contributed by atoms with Crippen LogP contribution in [0.15, 0.2) is 33.9 Å². The molecule has 3 rings (SSSR count). The summed E-state index contributed by atoms with van der Waals surface area (Å²) in [4.78, 5) is 12.2. The first-order valence-corrected chi connectivity index (χ1v) is 10.1. The minimum absolute atomic E-state index is 0. The average Bonchev–Trinajstić information content (AvgIpc) is 3.33. The number of hydrogen-bond acceptors (Lipinski definition) is 5. The third-order valence-electron chi connectivity index (χ3n) is 4.59. The van der Waals surface area contributed by atoms with Crippen molar-refractivity contribution < 1.29 is 9.26 Å². The molecule has 0 aliphatic carbocycles. The molecule has 1 aromatic carbocycles. The van der Waals surface area contributed by atoms with E-state index in [1.807, 2.05) is 20.8 Å². The van der Waals surface area contributed by atoms with Gasteiger partial charge in [0.05, 0.1) is 0 Å². The predicted octanol–water partition coefficient (Wildman–Crippen LogP) is 3.87. The fraction of sp³-hybridized carbons (Fsp3) is 0.476. The lowest BCUT2D eigenvalue weighted by Gasteiger charge is -2.10. The monoisotopic (exact) mass is 526 g/mol. The number of rotatable bonds is 9. The lowest BCUT2D eigenvalue weighted by molar-refractivity contribution is 0.0683. The lowest BCUT2D eigenvalue weighted by atomic mass is 10.1. The van der Waals surface area contributed by atoms with Crippen molar-refractivity contribution in [3.05, 3.63) is 47.2 Å². The zero-order valence-corrected chi connectivity index (χ0v) is 20.3. The van der Waals surface area contributed by atoms with Gasteiger partial charge in [-0.25, -0.2) is 4.99 Å². The Morgan fingerprint density at radius 2 is 2.13 bits per heavy atom. The van der Waals surface area contributed by atoms with E-state index < -0.39 is 0 Å². The highest BCUT2D eigenvalue weighted by Crippen LogP contribution is 2.19. The number of fused-ring (bicyclic) bond motifs is 1.